The van der Waals surface area contributed by atoms with Crippen molar-refractivity contribution >= 4 is 15.9 Å². The quantitative estimate of drug-likeness (QED) is 0.785. The Balaban J connectivity index is 2.16. The molecule has 1 saturated heterocycles. The van der Waals surface area contributed by atoms with Gasteiger partial charge in [0.15, 0.2) is 0 Å². The van der Waals surface area contributed by atoms with Crippen LogP contribution in [-0.2, 0) is 4.74 Å². The molecule has 0 aliphatic carbocycles. The highest BCUT2D eigenvalue weighted by Crippen LogP contribution is 2.27. The molecule has 0 bridgehead atoms. The maximum atomic E-state index is 9.61. The molecule has 0 amide bonds. The molecule has 1 aromatic carbocycles. The Morgan fingerprint density at radius 1 is 1.42 bits per heavy atom. The molecule has 64 valence electrons. The Labute approximate surface area is 79.3 Å². The van der Waals surface area contributed by atoms with E-state index < -0.39 is 6.10 Å². The van der Waals surface area contributed by atoms with Crippen LogP contribution in [-0.4, -0.2) is 17.8 Å². The number of rotatable bonds is 2. The van der Waals surface area contributed by atoms with Gasteiger partial charge in [-0.2, -0.15) is 0 Å². The second kappa shape index (κ2) is 3.17. The van der Waals surface area contributed by atoms with Crippen molar-refractivity contribution in [2.24, 2.45) is 0 Å². The summed E-state index contributed by atoms with van der Waals surface area (Å²) in [5.41, 5.74) is 0.917. The zero-order valence-corrected chi connectivity index (χ0v) is 7.99. The summed E-state index contributed by atoms with van der Waals surface area (Å²) in [6, 6.07) is 7.63. The molecule has 0 aromatic heterocycles. The highest BCUT2D eigenvalue weighted by Gasteiger charge is 2.32. The van der Waals surface area contributed by atoms with E-state index in [1.165, 1.54) is 0 Å². The first kappa shape index (κ1) is 8.23. The summed E-state index contributed by atoms with van der Waals surface area (Å²) in [5.74, 6) is 0. The van der Waals surface area contributed by atoms with Gasteiger partial charge >= 0.3 is 0 Å². The van der Waals surface area contributed by atoms with Crippen molar-refractivity contribution in [2.75, 3.05) is 6.61 Å². The summed E-state index contributed by atoms with van der Waals surface area (Å²) in [5, 5.41) is 9.61. The number of hydrogen-bond donors (Lipinski definition) is 1. The summed E-state index contributed by atoms with van der Waals surface area (Å²) < 4.78 is 6.02. The van der Waals surface area contributed by atoms with Gasteiger partial charge in [0.05, 0.1) is 6.61 Å². The molecule has 1 fully saturated rings. The fourth-order valence-electron chi connectivity index (χ4n) is 1.11. The summed E-state index contributed by atoms with van der Waals surface area (Å²) in [6.45, 7) is 0.678. The molecule has 1 aliphatic heterocycles. The first-order valence-corrected chi connectivity index (χ1v) is 4.62. The SMILES string of the molecule is O[C@H](c1ccc(Br)cc1)[C@H]1CO1. The van der Waals surface area contributed by atoms with Crippen molar-refractivity contribution < 1.29 is 9.84 Å². The minimum Gasteiger partial charge on any atom is -0.386 e. The third-order valence-corrected chi connectivity index (χ3v) is 2.45. The van der Waals surface area contributed by atoms with Crippen LogP contribution in [0.2, 0.25) is 0 Å². The second-order valence-corrected chi connectivity index (χ2v) is 3.78. The van der Waals surface area contributed by atoms with Gasteiger partial charge in [-0.05, 0) is 17.7 Å². The molecule has 1 N–H and O–H groups in total. The van der Waals surface area contributed by atoms with Crippen molar-refractivity contribution in [3.8, 4) is 0 Å². The minimum absolute atomic E-state index is 0.0196. The van der Waals surface area contributed by atoms with Crippen LogP contribution in [0.15, 0.2) is 28.7 Å². The van der Waals surface area contributed by atoms with E-state index in [0.29, 0.717) is 6.61 Å². The highest BCUT2D eigenvalue weighted by molar-refractivity contribution is 9.10. The van der Waals surface area contributed by atoms with Crippen molar-refractivity contribution in [3.63, 3.8) is 0 Å². The Kier molecular flexibility index (Phi) is 2.17. The lowest BCUT2D eigenvalue weighted by Crippen LogP contribution is -2.04. The number of benzene rings is 1. The van der Waals surface area contributed by atoms with Crippen LogP contribution in [0.4, 0.5) is 0 Å². The first-order valence-electron chi connectivity index (χ1n) is 3.82. The summed E-state index contributed by atoms with van der Waals surface area (Å²) in [6.07, 6.45) is -0.440. The molecule has 0 spiro atoms. The summed E-state index contributed by atoms with van der Waals surface area (Å²) in [4.78, 5) is 0. The molecule has 0 saturated carbocycles. The monoisotopic (exact) mass is 228 g/mol. The Morgan fingerprint density at radius 3 is 2.50 bits per heavy atom. The van der Waals surface area contributed by atoms with Crippen LogP contribution in [0.3, 0.4) is 0 Å². The molecule has 2 nitrogen and oxygen atoms in total. The summed E-state index contributed by atoms with van der Waals surface area (Å²) >= 11 is 3.33. The van der Waals surface area contributed by atoms with Crippen LogP contribution >= 0.6 is 15.9 Å². The molecule has 0 unspecified atom stereocenters. The molecule has 2 atom stereocenters. The van der Waals surface area contributed by atoms with Crippen molar-refractivity contribution in [1.82, 2.24) is 0 Å². The lowest BCUT2D eigenvalue weighted by atomic mass is 10.1. The fourth-order valence-corrected chi connectivity index (χ4v) is 1.38. The topological polar surface area (TPSA) is 32.8 Å². The Hall–Kier alpha value is -0.380. The van der Waals surface area contributed by atoms with Gasteiger partial charge < -0.3 is 9.84 Å². The van der Waals surface area contributed by atoms with Gasteiger partial charge in [0.2, 0.25) is 0 Å². The van der Waals surface area contributed by atoms with Crippen LogP contribution in [0, 0.1) is 0 Å². The molecule has 0 radical (unpaired) electrons. The summed E-state index contributed by atoms with van der Waals surface area (Å²) in [7, 11) is 0. The molecular weight excluding hydrogens is 220 g/mol. The van der Waals surface area contributed by atoms with E-state index >= 15 is 0 Å². The smallest absolute Gasteiger partial charge is 0.111 e. The predicted molar refractivity (Wildman–Crippen MR) is 48.8 cm³/mol. The molecule has 1 aromatic rings. The van der Waals surface area contributed by atoms with Crippen LogP contribution in [0.25, 0.3) is 0 Å². The maximum absolute atomic E-state index is 9.61. The largest absolute Gasteiger partial charge is 0.386 e. The number of aliphatic hydroxyl groups excluding tert-OH is 1. The average Bonchev–Trinajstić information content (AvgIpc) is 2.87. The van der Waals surface area contributed by atoms with Gasteiger partial charge in [0.25, 0.3) is 0 Å². The number of aliphatic hydroxyl groups is 1. The Bertz CT molecular complexity index is 266. The Morgan fingerprint density at radius 2 is 2.00 bits per heavy atom. The van der Waals surface area contributed by atoms with Crippen molar-refractivity contribution in [2.45, 2.75) is 12.2 Å². The van der Waals surface area contributed by atoms with Crippen LogP contribution < -0.4 is 0 Å². The van der Waals surface area contributed by atoms with Gasteiger partial charge in [0.1, 0.15) is 12.2 Å². The van der Waals surface area contributed by atoms with E-state index in [0.717, 1.165) is 10.0 Å². The second-order valence-electron chi connectivity index (χ2n) is 2.87. The van der Waals surface area contributed by atoms with E-state index in [1.54, 1.807) is 0 Å². The lowest BCUT2D eigenvalue weighted by molar-refractivity contribution is 0.137. The minimum atomic E-state index is -0.460. The van der Waals surface area contributed by atoms with E-state index in [9.17, 15) is 5.11 Å². The fraction of sp³-hybridized carbons (Fsp3) is 0.333. The zero-order chi connectivity index (χ0) is 8.55. The van der Waals surface area contributed by atoms with Crippen LogP contribution in [0.1, 0.15) is 11.7 Å². The number of hydrogen-bond acceptors (Lipinski definition) is 2. The maximum Gasteiger partial charge on any atom is 0.111 e. The van der Waals surface area contributed by atoms with E-state index in [-0.39, 0.29) is 6.10 Å². The normalized spacial score (nSPS) is 23.7. The van der Waals surface area contributed by atoms with Gasteiger partial charge in [-0.3, -0.25) is 0 Å². The van der Waals surface area contributed by atoms with Gasteiger partial charge in [0, 0.05) is 4.47 Å². The van der Waals surface area contributed by atoms with Crippen molar-refractivity contribution in [1.29, 1.82) is 0 Å². The molecule has 12 heavy (non-hydrogen) atoms. The number of ether oxygens (including phenoxy) is 1. The molecular formula is C9H9BrO2. The predicted octanol–water partition coefficient (Wildman–Crippen LogP) is 1.88. The van der Waals surface area contributed by atoms with E-state index in [1.807, 2.05) is 24.3 Å². The van der Waals surface area contributed by atoms with E-state index in [4.69, 9.17) is 4.74 Å². The molecule has 2 rings (SSSR count). The van der Waals surface area contributed by atoms with Gasteiger partial charge in [-0.15, -0.1) is 0 Å². The van der Waals surface area contributed by atoms with Crippen molar-refractivity contribution in [3.05, 3.63) is 34.3 Å². The third-order valence-electron chi connectivity index (χ3n) is 1.92. The molecule has 1 heterocycles. The lowest BCUT2D eigenvalue weighted by Gasteiger charge is -2.06. The average molecular weight is 229 g/mol. The molecule has 3 heteroatoms. The standard InChI is InChI=1S/C9H9BrO2/c10-7-3-1-6(2-4-7)9(11)8-5-12-8/h1-4,8-9,11H,5H2/t8-,9-/m1/s1. The van der Waals surface area contributed by atoms with Gasteiger partial charge in [-0.25, -0.2) is 0 Å². The van der Waals surface area contributed by atoms with E-state index in [2.05, 4.69) is 15.9 Å². The number of halogens is 1. The third kappa shape index (κ3) is 1.68. The zero-order valence-electron chi connectivity index (χ0n) is 6.40. The molecule has 1 aliphatic rings. The van der Waals surface area contributed by atoms with Gasteiger partial charge in [-0.1, -0.05) is 28.1 Å². The first-order chi connectivity index (χ1) is 5.77. The van der Waals surface area contributed by atoms with Crippen LogP contribution in [0.5, 0.6) is 0 Å². The highest BCUT2D eigenvalue weighted by atomic mass is 79.9. The number of epoxide rings is 1.